The van der Waals surface area contributed by atoms with Gasteiger partial charge in [0.15, 0.2) is 0 Å². The normalized spacial score (nSPS) is 30.8. The van der Waals surface area contributed by atoms with E-state index in [0.717, 1.165) is 54.8 Å². The minimum Gasteiger partial charge on any atom is -0.492 e. The van der Waals surface area contributed by atoms with Crippen LogP contribution in [-0.4, -0.2) is 43.0 Å². The van der Waals surface area contributed by atoms with Gasteiger partial charge in [-0.15, -0.1) is 0 Å². The third-order valence-electron chi connectivity index (χ3n) is 7.10. The molecule has 0 amide bonds. The molecule has 4 nitrogen and oxygen atoms in total. The van der Waals surface area contributed by atoms with Crippen LogP contribution in [0.2, 0.25) is 0 Å². The summed E-state index contributed by atoms with van der Waals surface area (Å²) in [6.45, 7) is 8.03. The Hall–Kier alpha value is -2.40. The van der Waals surface area contributed by atoms with Gasteiger partial charge in [-0.25, -0.2) is 4.39 Å². The van der Waals surface area contributed by atoms with Crippen molar-refractivity contribution < 1.29 is 9.13 Å². The largest absolute Gasteiger partial charge is 0.492 e. The zero-order chi connectivity index (χ0) is 20.7. The summed E-state index contributed by atoms with van der Waals surface area (Å²) in [5, 5.41) is 3.46. The van der Waals surface area contributed by atoms with Crippen molar-refractivity contribution in [2.75, 3.05) is 26.2 Å². The number of benzene rings is 1. The number of rotatable bonds is 1. The smallest absolute Gasteiger partial charge is 0.131 e. The van der Waals surface area contributed by atoms with E-state index in [1.54, 1.807) is 6.07 Å². The fourth-order valence-corrected chi connectivity index (χ4v) is 5.29. The molecule has 1 fully saturated rings. The summed E-state index contributed by atoms with van der Waals surface area (Å²) in [6, 6.07) is 5.48. The first-order valence-corrected chi connectivity index (χ1v) is 11.2. The van der Waals surface area contributed by atoms with Gasteiger partial charge in [0.25, 0.3) is 0 Å². The number of nitrogens with one attached hydrogen (secondary N) is 1. The molecule has 4 bridgehead atoms. The Morgan fingerprint density at radius 2 is 2.13 bits per heavy atom. The molecule has 5 rings (SSSR count). The lowest BCUT2D eigenvalue weighted by Gasteiger charge is -2.42. The van der Waals surface area contributed by atoms with Crippen molar-refractivity contribution in [1.29, 1.82) is 0 Å². The van der Waals surface area contributed by atoms with Gasteiger partial charge in [-0.1, -0.05) is 38.5 Å². The summed E-state index contributed by atoms with van der Waals surface area (Å²) in [5.74, 6) is 2.92. The highest BCUT2D eigenvalue weighted by atomic mass is 19.1. The maximum atomic E-state index is 14.8. The Morgan fingerprint density at radius 1 is 1.27 bits per heavy atom. The Labute approximate surface area is 178 Å². The Balaban J connectivity index is 1.52. The average Bonchev–Trinajstić information content (AvgIpc) is 3.16. The van der Waals surface area contributed by atoms with Gasteiger partial charge in [-0.3, -0.25) is 9.89 Å². The summed E-state index contributed by atoms with van der Waals surface area (Å²) in [6.07, 6.45) is 10.6. The van der Waals surface area contributed by atoms with E-state index < -0.39 is 0 Å². The quantitative estimate of drug-likeness (QED) is 0.749. The summed E-state index contributed by atoms with van der Waals surface area (Å²) < 4.78 is 21.0. The molecule has 0 saturated carbocycles. The lowest BCUT2D eigenvalue weighted by Crippen LogP contribution is -2.50. The van der Waals surface area contributed by atoms with Crippen molar-refractivity contribution in [3.8, 4) is 5.75 Å². The zero-order valence-corrected chi connectivity index (χ0v) is 17.8. The third-order valence-corrected chi connectivity index (χ3v) is 7.10. The van der Waals surface area contributed by atoms with Crippen molar-refractivity contribution in [2.24, 2.45) is 22.7 Å². The third kappa shape index (κ3) is 3.60. The van der Waals surface area contributed by atoms with E-state index in [9.17, 15) is 4.39 Å². The van der Waals surface area contributed by atoms with Crippen LogP contribution >= 0.6 is 0 Å². The van der Waals surface area contributed by atoms with Crippen LogP contribution in [0.15, 0.2) is 53.2 Å². The van der Waals surface area contributed by atoms with E-state index >= 15 is 0 Å². The molecule has 1 saturated heterocycles. The molecule has 3 heterocycles. The van der Waals surface area contributed by atoms with Crippen LogP contribution in [0.1, 0.15) is 32.3 Å². The van der Waals surface area contributed by atoms with E-state index in [4.69, 9.17) is 9.73 Å². The van der Waals surface area contributed by atoms with Crippen LogP contribution in [0, 0.1) is 23.6 Å². The topological polar surface area (TPSA) is 36.9 Å². The minimum absolute atomic E-state index is 0.147. The van der Waals surface area contributed by atoms with Crippen molar-refractivity contribution in [3.63, 3.8) is 0 Å². The monoisotopic (exact) mass is 407 g/mol. The fraction of sp³-hybridized carbons (Fsp3) is 0.480. The number of nitrogens with zero attached hydrogens (tertiary/aromatic N) is 2. The summed E-state index contributed by atoms with van der Waals surface area (Å²) in [5.41, 5.74) is 2.47. The maximum Gasteiger partial charge on any atom is 0.131 e. The number of amidine groups is 1. The highest BCUT2D eigenvalue weighted by Gasteiger charge is 2.33. The van der Waals surface area contributed by atoms with Gasteiger partial charge < -0.3 is 10.1 Å². The summed E-state index contributed by atoms with van der Waals surface area (Å²) in [7, 11) is 0. The second-order valence-electron chi connectivity index (χ2n) is 8.95. The summed E-state index contributed by atoms with van der Waals surface area (Å²) >= 11 is 0. The lowest BCUT2D eigenvalue weighted by atomic mass is 9.81. The molecule has 0 aromatic heterocycles. The molecule has 4 atom stereocenters. The van der Waals surface area contributed by atoms with Crippen molar-refractivity contribution in [1.82, 2.24) is 10.2 Å². The van der Waals surface area contributed by atoms with Crippen LogP contribution in [0.5, 0.6) is 5.75 Å². The van der Waals surface area contributed by atoms with E-state index in [2.05, 4.69) is 36.2 Å². The Morgan fingerprint density at radius 3 is 3.00 bits per heavy atom. The molecule has 30 heavy (non-hydrogen) atoms. The summed E-state index contributed by atoms with van der Waals surface area (Å²) in [4.78, 5) is 7.35. The first-order valence-electron chi connectivity index (χ1n) is 11.2. The predicted octanol–water partition coefficient (Wildman–Crippen LogP) is 4.41. The van der Waals surface area contributed by atoms with Crippen LogP contribution < -0.4 is 10.1 Å². The van der Waals surface area contributed by atoms with E-state index in [1.807, 2.05) is 18.2 Å². The number of halogens is 1. The van der Waals surface area contributed by atoms with Gasteiger partial charge in [-0.05, 0) is 42.5 Å². The molecule has 1 aromatic rings. The molecule has 1 N–H and O–H groups in total. The SMILES string of the molecule is CC[C@@H]1C[C@@H]2COc3ccc(F)c(c3)C3=C4NC(=NCCN2CC1C)C=CC4C=C3. The van der Waals surface area contributed by atoms with Crippen LogP contribution in [0.4, 0.5) is 4.39 Å². The van der Waals surface area contributed by atoms with Crippen molar-refractivity contribution in [3.05, 3.63) is 59.6 Å². The fourth-order valence-electron chi connectivity index (χ4n) is 5.29. The predicted molar refractivity (Wildman–Crippen MR) is 119 cm³/mol. The number of hydrogen-bond acceptors (Lipinski definition) is 4. The maximum absolute atomic E-state index is 14.8. The first kappa shape index (κ1) is 19.6. The van der Waals surface area contributed by atoms with Crippen LogP contribution in [-0.2, 0) is 0 Å². The van der Waals surface area contributed by atoms with Crippen LogP contribution in [0.25, 0.3) is 5.57 Å². The highest BCUT2D eigenvalue weighted by Crippen LogP contribution is 2.36. The Bertz CT molecular complexity index is 948. The molecule has 5 heteroatoms. The van der Waals surface area contributed by atoms with E-state index in [-0.39, 0.29) is 11.7 Å². The van der Waals surface area contributed by atoms with Gasteiger partial charge >= 0.3 is 0 Å². The van der Waals surface area contributed by atoms with Crippen molar-refractivity contribution in [2.45, 2.75) is 32.7 Å². The molecule has 4 aliphatic rings. The van der Waals surface area contributed by atoms with Gasteiger partial charge in [0, 0.05) is 41.9 Å². The van der Waals surface area contributed by atoms with Crippen molar-refractivity contribution >= 4 is 11.4 Å². The van der Waals surface area contributed by atoms with Gasteiger partial charge in [0.1, 0.15) is 24.0 Å². The average molecular weight is 408 g/mol. The molecule has 2 unspecified atom stereocenters. The van der Waals surface area contributed by atoms with Gasteiger partial charge in [-0.2, -0.15) is 0 Å². The molecule has 0 radical (unpaired) electrons. The molecule has 0 spiro atoms. The minimum atomic E-state index is -0.226. The number of piperidine rings is 1. The molecule has 1 aliphatic carbocycles. The number of ether oxygens (including phenoxy) is 1. The molecule has 1 aromatic carbocycles. The first-order chi connectivity index (χ1) is 14.6. The standard InChI is InChI=1S/C25H30FN3O/c1-3-17-12-19-15-30-20-6-8-23(26)22(13-20)21-7-4-18-5-9-24(28-25(18)21)27-10-11-29(19)14-16(17)2/h4-9,13,16-19H,3,10-12,14-15H2,1-2H3,(H,27,28)/t16?,17-,18?,19-/m1/s1. The molecule has 3 aliphatic heterocycles. The van der Waals surface area contributed by atoms with E-state index in [0.29, 0.717) is 24.1 Å². The molecular formula is C25H30FN3O. The second kappa shape index (κ2) is 8.03. The molecule has 158 valence electrons. The van der Waals surface area contributed by atoms with Crippen LogP contribution in [0.3, 0.4) is 0 Å². The number of aliphatic imine (C=N–C) groups is 1. The molecular weight excluding hydrogens is 377 g/mol. The van der Waals surface area contributed by atoms with E-state index in [1.165, 1.54) is 12.5 Å². The number of allylic oxidation sites excluding steroid dienone is 3. The van der Waals surface area contributed by atoms with Gasteiger partial charge in [0.2, 0.25) is 0 Å². The Kier molecular flexibility index (Phi) is 5.23. The van der Waals surface area contributed by atoms with Gasteiger partial charge in [0.05, 0.1) is 6.54 Å². The number of hydrogen-bond donors (Lipinski definition) is 1. The highest BCUT2D eigenvalue weighted by molar-refractivity contribution is 5.98. The lowest BCUT2D eigenvalue weighted by molar-refractivity contribution is 0.0421. The number of fused-ring (bicyclic) bond motifs is 5. The zero-order valence-electron chi connectivity index (χ0n) is 17.8. The second-order valence-corrected chi connectivity index (χ2v) is 8.95.